The molecule has 1 aromatic carbocycles. The fourth-order valence-electron chi connectivity index (χ4n) is 1.71. The molecule has 0 bridgehead atoms. The predicted molar refractivity (Wildman–Crippen MR) is 76.5 cm³/mol. The molecule has 0 radical (unpaired) electrons. The number of sulfonamides is 1. The van der Waals surface area contributed by atoms with E-state index >= 15 is 0 Å². The molecule has 0 saturated heterocycles. The van der Waals surface area contributed by atoms with E-state index in [1.807, 2.05) is 38.2 Å². The van der Waals surface area contributed by atoms with Gasteiger partial charge >= 0.3 is 0 Å². The van der Waals surface area contributed by atoms with E-state index in [9.17, 15) is 8.42 Å². The summed E-state index contributed by atoms with van der Waals surface area (Å²) in [6, 6.07) is 7.53. The highest BCUT2D eigenvalue weighted by Crippen LogP contribution is 2.18. The maximum atomic E-state index is 12.1. The van der Waals surface area contributed by atoms with Crippen LogP contribution in [0.2, 0.25) is 0 Å². The Balaban J connectivity index is 2.67. The van der Waals surface area contributed by atoms with Crippen LogP contribution in [0.4, 0.5) is 5.69 Å². The van der Waals surface area contributed by atoms with Crippen molar-refractivity contribution in [2.45, 2.75) is 19.8 Å². The number of hydrogen-bond donors (Lipinski definition) is 1. The van der Waals surface area contributed by atoms with Crippen molar-refractivity contribution in [2.24, 2.45) is 0 Å². The summed E-state index contributed by atoms with van der Waals surface area (Å²) in [5, 5.41) is 3.01. The van der Waals surface area contributed by atoms with Crippen LogP contribution < -0.4 is 9.62 Å². The highest BCUT2D eigenvalue weighted by atomic mass is 32.2. The molecule has 0 atom stereocenters. The van der Waals surface area contributed by atoms with E-state index < -0.39 is 10.0 Å². The van der Waals surface area contributed by atoms with Gasteiger partial charge in [-0.2, -0.15) is 0 Å². The lowest BCUT2D eigenvalue weighted by atomic mass is 10.2. The Hall–Kier alpha value is -1.07. The molecule has 102 valence electrons. The largest absolute Gasteiger partial charge is 0.320 e. The number of unbranched alkanes of at least 4 members (excludes halogenated alkanes) is 1. The van der Waals surface area contributed by atoms with Crippen molar-refractivity contribution < 1.29 is 8.42 Å². The molecule has 1 rings (SSSR count). The van der Waals surface area contributed by atoms with Gasteiger partial charge in [-0.1, -0.05) is 12.1 Å². The van der Waals surface area contributed by atoms with E-state index in [4.69, 9.17) is 0 Å². The van der Waals surface area contributed by atoms with E-state index in [1.54, 1.807) is 7.05 Å². The summed E-state index contributed by atoms with van der Waals surface area (Å²) in [5.74, 6) is 0.194. The molecule has 1 N–H and O–H groups in total. The van der Waals surface area contributed by atoms with Crippen molar-refractivity contribution in [1.29, 1.82) is 0 Å². The Kier molecular flexibility index (Phi) is 5.62. The summed E-state index contributed by atoms with van der Waals surface area (Å²) in [7, 11) is 0.277. The van der Waals surface area contributed by atoms with Crippen LogP contribution in [0.15, 0.2) is 24.3 Å². The van der Waals surface area contributed by atoms with Gasteiger partial charge in [-0.25, -0.2) is 8.42 Å². The molecule has 18 heavy (non-hydrogen) atoms. The monoisotopic (exact) mass is 270 g/mol. The number of benzene rings is 1. The minimum atomic E-state index is -3.21. The number of aryl methyl sites for hydroxylation is 1. The van der Waals surface area contributed by atoms with Crippen LogP contribution in [0.25, 0.3) is 0 Å². The highest BCUT2D eigenvalue weighted by molar-refractivity contribution is 7.92. The topological polar surface area (TPSA) is 49.4 Å². The second kappa shape index (κ2) is 6.75. The van der Waals surface area contributed by atoms with Crippen molar-refractivity contribution >= 4 is 15.7 Å². The van der Waals surface area contributed by atoms with Gasteiger partial charge in [-0.15, -0.1) is 0 Å². The molecule has 0 amide bonds. The van der Waals surface area contributed by atoms with Gasteiger partial charge < -0.3 is 5.32 Å². The molecule has 0 aliphatic heterocycles. The predicted octanol–water partition coefficient (Wildman–Crippen LogP) is 1.76. The van der Waals surface area contributed by atoms with Gasteiger partial charge in [0, 0.05) is 7.05 Å². The zero-order valence-corrected chi connectivity index (χ0v) is 12.1. The lowest BCUT2D eigenvalue weighted by molar-refractivity contribution is 0.588. The second-order valence-corrected chi connectivity index (χ2v) is 6.55. The maximum Gasteiger partial charge on any atom is 0.234 e. The first kappa shape index (κ1) is 15.0. The number of hydrogen-bond acceptors (Lipinski definition) is 3. The molecule has 0 aliphatic carbocycles. The Labute approximate surface area is 110 Å². The van der Waals surface area contributed by atoms with Gasteiger partial charge in [0.2, 0.25) is 10.0 Å². The highest BCUT2D eigenvalue weighted by Gasteiger charge is 2.17. The average Bonchev–Trinajstić information content (AvgIpc) is 2.34. The zero-order valence-electron chi connectivity index (χ0n) is 11.3. The van der Waals surface area contributed by atoms with Crippen LogP contribution in [0, 0.1) is 6.92 Å². The molecule has 5 heteroatoms. The Morgan fingerprint density at radius 1 is 1.28 bits per heavy atom. The Bertz CT molecular complexity index is 472. The van der Waals surface area contributed by atoms with Gasteiger partial charge in [0.25, 0.3) is 0 Å². The first-order valence-corrected chi connectivity index (χ1v) is 7.76. The minimum Gasteiger partial charge on any atom is -0.320 e. The zero-order chi connectivity index (χ0) is 13.6. The van der Waals surface area contributed by atoms with E-state index in [0.717, 1.165) is 24.2 Å². The smallest absolute Gasteiger partial charge is 0.234 e. The summed E-state index contributed by atoms with van der Waals surface area (Å²) in [6.07, 6.45) is 1.55. The minimum absolute atomic E-state index is 0.194. The number of anilines is 1. The number of rotatable bonds is 7. The van der Waals surface area contributed by atoms with Crippen LogP contribution >= 0.6 is 0 Å². The first-order valence-electron chi connectivity index (χ1n) is 6.15. The van der Waals surface area contributed by atoms with Gasteiger partial charge in [0.15, 0.2) is 0 Å². The molecule has 0 heterocycles. The summed E-state index contributed by atoms with van der Waals surface area (Å²) in [6.45, 7) is 2.81. The third-order valence-electron chi connectivity index (χ3n) is 2.86. The molecule has 4 nitrogen and oxygen atoms in total. The third kappa shape index (κ3) is 4.31. The van der Waals surface area contributed by atoms with Crippen molar-refractivity contribution in [1.82, 2.24) is 5.32 Å². The molecule has 1 aromatic rings. The summed E-state index contributed by atoms with van der Waals surface area (Å²) in [5.41, 5.74) is 1.79. The van der Waals surface area contributed by atoms with Crippen LogP contribution in [-0.2, 0) is 10.0 Å². The average molecular weight is 270 g/mol. The fourth-order valence-corrected chi connectivity index (χ4v) is 2.99. The van der Waals surface area contributed by atoms with Gasteiger partial charge in [-0.3, -0.25) is 4.31 Å². The molecule has 0 aliphatic rings. The normalized spacial score (nSPS) is 11.5. The molecule has 0 unspecified atom stereocenters. The van der Waals surface area contributed by atoms with Crippen LogP contribution in [0.1, 0.15) is 18.4 Å². The Morgan fingerprint density at radius 3 is 2.61 bits per heavy atom. The van der Waals surface area contributed by atoms with Crippen LogP contribution in [0.3, 0.4) is 0 Å². The van der Waals surface area contributed by atoms with E-state index in [1.165, 1.54) is 4.31 Å². The number of nitrogens with zero attached hydrogens (tertiary/aromatic N) is 1. The van der Waals surface area contributed by atoms with Gasteiger partial charge in [0.1, 0.15) is 0 Å². The van der Waals surface area contributed by atoms with Crippen molar-refractivity contribution in [3.8, 4) is 0 Å². The van der Waals surface area contributed by atoms with Crippen LogP contribution in [-0.4, -0.2) is 34.8 Å². The van der Waals surface area contributed by atoms with Gasteiger partial charge in [0.05, 0.1) is 11.4 Å². The fraction of sp³-hybridized carbons (Fsp3) is 0.538. The quantitative estimate of drug-likeness (QED) is 0.768. The molecule has 0 aromatic heterocycles. The summed E-state index contributed by atoms with van der Waals surface area (Å²) < 4.78 is 25.6. The van der Waals surface area contributed by atoms with Crippen molar-refractivity contribution in [3.05, 3.63) is 29.8 Å². The van der Waals surface area contributed by atoms with E-state index in [-0.39, 0.29) is 5.75 Å². The lowest BCUT2D eigenvalue weighted by Gasteiger charge is -2.19. The van der Waals surface area contributed by atoms with Crippen molar-refractivity contribution in [2.75, 3.05) is 30.7 Å². The Morgan fingerprint density at radius 2 is 2.00 bits per heavy atom. The van der Waals surface area contributed by atoms with Gasteiger partial charge in [-0.05, 0) is 51.1 Å². The summed E-state index contributed by atoms with van der Waals surface area (Å²) >= 11 is 0. The SMILES string of the molecule is CNCCCCS(=O)(=O)N(C)c1cccc(C)c1. The lowest BCUT2D eigenvalue weighted by Crippen LogP contribution is -2.29. The standard InChI is InChI=1S/C13H22N2O2S/c1-12-7-6-8-13(11-12)15(3)18(16,17)10-5-4-9-14-2/h6-8,11,14H,4-5,9-10H2,1-3H3. The first-order chi connectivity index (χ1) is 8.47. The molecular weight excluding hydrogens is 248 g/mol. The number of nitrogens with one attached hydrogen (secondary N) is 1. The summed E-state index contributed by atoms with van der Waals surface area (Å²) in [4.78, 5) is 0. The van der Waals surface area contributed by atoms with E-state index in [0.29, 0.717) is 6.42 Å². The second-order valence-electron chi connectivity index (χ2n) is 4.43. The molecule has 0 spiro atoms. The van der Waals surface area contributed by atoms with E-state index in [2.05, 4.69) is 5.32 Å². The maximum absolute atomic E-state index is 12.1. The molecule has 0 saturated carbocycles. The molecular formula is C13H22N2O2S. The third-order valence-corrected chi connectivity index (χ3v) is 4.71. The molecule has 0 fully saturated rings. The van der Waals surface area contributed by atoms with Crippen molar-refractivity contribution in [3.63, 3.8) is 0 Å². The van der Waals surface area contributed by atoms with Crippen LogP contribution in [0.5, 0.6) is 0 Å².